The standard InChI is InChI=1S/C5H8ClF/c1-3-4(2)5(3,6)7/h3-4H,1-2H3/t3-,4-/m0/s1. The highest BCUT2D eigenvalue weighted by Gasteiger charge is 2.59. The summed E-state index contributed by atoms with van der Waals surface area (Å²) in [4.78, 5) is 0. The van der Waals surface area contributed by atoms with Crippen LogP contribution >= 0.6 is 11.6 Å². The molecule has 1 aliphatic rings. The lowest BCUT2D eigenvalue weighted by Crippen LogP contribution is -1.87. The quantitative estimate of drug-likeness (QED) is 0.432. The second-order valence-electron chi connectivity index (χ2n) is 2.25. The molecular weight excluding hydrogens is 115 g/mol. The van der Waals surface area contributed by atoms with Gasteiger partial charge in [0, 0.05) is 11.8 Å². The Balaban J connectivity index is 2.52. The van der Waals surface area contributed by atoms with Gasteiger partial charge < -0.3 is 0 Å². The zero-order valence-electron chi connectivity index (χ0n) is 4.41. The van der Waals surface area contributed by atoms with E-state index in [1.807, 2.05) is 13.8 Å². The van der Waals surface area contributed by atoms with E-state index >= 15 is 0 Å². The molecule has 2 heteroatoms. The van der Waals surface area contributed by atoms with Crippen molar-refractivity contribution in [3.8, 4) is 0 Å². The van der Waals surface area contributed by atoms with Gasteiger partial charge in [0.25, 0.3) is 0 Å². The van der Waals surface area contributed by atoms with Crippen molar-refractivity contribution in [1.82, 2.24) is 0 Å². The second kappa shape index (κ2) is 1.13. The van der Waals surface area contributed by atoms with Crippen molar-refractivity contribution in [2.24, 2.45) is 11.8 Å². The summed E-state index contributed by atoms with van der Waals surface area (Å²) in [6, 6.07) is 0. The molecule has 0 amide bonds. The van der Waals surface area contributed by atoms with Crippen molar-refractivity contribution in [2.45, 2.75) is 19.0 Å². The third-order valence-electron chi connectivity index (χ3n) is 1.86. The van der Waals surface area contributed by atoms with Crippen molar-refractivity contribution >= 4 is 11.6 Å². The average molecular weight is 123 g/mol. The molecule has 1 aliphatic carbocycles. The summed E-state index contributed by atoms with van der Waals surface area (Å²) in [6.45, 7) is 3.63. The van der Waals surface area contributed by atoms with Crippen molar-refractivity contribution in [3.05, 3.63) is 0 Å². The predicted molar refractivity (Wildman–Crippen MR) is 28.0 cm³/mol. The lowest BCUT2D eigenvalue weighted by Gasteiger charge is -1.85. The maximum atomic E-state index is 12.4. The molecule has 0 radical (unpaired) electrons. The van der Waals surface area contributed by atoms with Gasteiger partial charge in [0.05, 0.1) is 0 Å². The maximum absolute atomic E-state index is 12.4. The molecule has 0 aromatic heterocycles. The van der Waals surface area contributed by atoms with Crippen LogP contribution < -0.4 is 0 Å². The van der Waals surface area contributed by atoms with Crippen LogP contribution in [0.15, 0.2) is 0 Å². The van der Waals surface area contributed by atoms with E-state index in [0.717, 1.165) is 0 Å². The van der Waals surface area contributed by atoms with Gasteiger partial charge in [-0.3, -0.25) is 0 Å². The molecule has 0 aliphatic heterocycles. The smallest absolute Gasteiger partial charge is 0.189 e. The molecule has 0 heterocycles. The lowest BCUT2D eigenvalue weighted by atomic mass is 10.4. The van der Waals surface area contributed by atoms with E-state index in [4.69, 9.17) is 11.6 Å². The van der Waals surface area contributed by atoms with Gasteiger partial charge in [-0.15, -0.1) is 0 Å². The first-order chi connectivity index (χ1) is 3.07. The van der Waals surface area contributed by atoms with Crippen molar-refractivity contribution in [1.29, 1.82) is 0 Å². The third kappa shape index (κ3) is 0.548. The lowest BCUT2D eigenvalue weighted by molar-refractivity contribution is 0.387. The van der Waals surface area contributed by atoms with E-state index in [9.17, 15) is 4.39 Å². The van der Waals surface area contributed by atoms with Crippen LogP contribution in [0.2, 0.25) is 0 Å². The van der Waals surface area contributed by atoms with Gasteiger partial charge in [-0.05, 0) is 0 Å². The number of hydrogen-bond donors (Lipinski definition) is 0. The van der Waals surface area contributed by atoms with Crippen molar-refractivity contribution in [3.63, 3.8) is 0 Å². The molecule has 0 nitrogen and oxygen atoms in total. The van der Waals surface area contributed by atoms with Gasteiger partial charge in [0.15, 0.2) is 5.13 Å². The summed E-state index contributed by atoms with van der Waals surface area (Å²) in [6.07, 6.45) is 0. The van der Waals surface area contributed by atoms with E-state index in [-0.39, 0.29) is 11.8 Å². The van der Waals surface area contributed by atoms with Gasteiger partial charge in [0.2, 0.25) is 0 Å². The molecule has 1 fully saturated rings. The van der Waals surface area contributed by atoms with Crippen LogP contribution in [-0.4, -0.2) is 5.13 Å². The van der Waals surface area contributed by atoms with Crippen molar-refractivity contribution < 1.29 is 4.39 Å². The summed E-state index contributed by atoms with van der Waals surface area (Å²) >= 11 is 5.28. The van der Waals surface area contributed by atoms with E-state index in [0.29, 0.717) is 0 Å². The molecule has 7 heavy (non-hydrogen) atoms. The molecule has 0 N–H and O–H groups in total. The van der Waals surface area contributed by atoms with Crippen LogP contribution in [-0.2, 0) is 0 Å². The predicted octanol–water partition coefficient (Wildman–Crippen LogP) is 2.18. The minimum atomic E-state index is -1.36. The fraction of sp³-hybridized carbons (Fsp3) is 1.00. The number of hydrogen-bond acceptors (Lipinski definition) is 0. The molecule has 0 unspecified atom stereocenters. The average Bonchev–Trinajstić information content (AvgIpc) is 1.91. The van der Waals surface area contributed by atoms with E-state index < -0.39 is 5.13 Å². The second-order valence-corrected chi connectivity index (χ2v) is 2.83. The zero-order chi connectivity index (χ0) is 5.65. The van der Waals surface area contributed by atoms with E-state index in [2.05, 4.69) is 0 Å². The highest BCUT2D eigenvalue weighted by molar-refractivity contribution is 6.25. The zero-order valence-corrected chi connectivity index (χ0v) is 5.17. The number of halogens is 2. The van der Waals surface area contributed by atoms with E-state index in [1.54, 1.807) is 0 Å². The van der Waals surface area contributed by atoms with Gasteiger partial charge >= 0.3 is 0 Å². The minimum absolute atomic E-state index is 0.0640. The topological polar surface area (TPSA) is 0 Å². The summed E-state index contributed by atoms with van der Waals surface area (Å²) in [5, 5.41) is -1.36. The highest BCUT2D eigenvalue weighted by Crippen LogP contribution is 2.56. The van der Waals surface area contributed by atoms with Crippen LogP contribution in [0.1, 0.15) is 13.8 Å². The molecule has 0 aromatic rings. The molecule has 0 bridgehead atoms. The molecule has 42 valence electrons. The number of alkyl halides is 2. The normalized spacial score (nSPS) is 60.0. The Kier molecular flexibility index (Phi) is 0.869. The van der Waals surface area contributed by atoms with Crippen LogP contribution in [0.25, 0.3) is 0 Å². The van der Waals surface area contributed by atoms with Gasteiger partial charge in [-0.2, -0.15) is 0 Å². The minimum Gasteiger partial charge on any atom is -0.226 e. The fourth-order valence-electron chi connectivity index (χ4n) is 0.674. The SMILES string of the molecule is C[C@H]1[C@H](C)C1(F)Cl. The van der Waals surface area contributed by atoms with Gasteiger partial charge in [0.1, 0.15) is 0 Å². The van der Waals surface area contributed by atoms with E-state index in [1.165, 1.54) is 0 Å². The third-order valence-corrected chi connectivity index (χ3v) is 2.54. The summed E-state index contributed by atoms with van der Waals surface area (Å²) in [5.74, 6) is 0.128. The fourth-order valence-corrected chi connectivity index (χ4v) is 0.989. The Morgan fingerprint density at radius 3 is 1.57 bits per heavy atom. The first-order valence-electron chi connectivity index (χ1n) is 2.44. The largest absolute Gasteiger partial charge is 0.226 e. The first-order valence-corrected chi connectivity index (χ1v) is 2.82. The molecule has 0 aromatic carbocycles. The van der Waals surface area contributed by atoms with Crippen LogP contribution in [0.5, 0.6) is 0 Å². The van der Waals surface area contributed by atoms with Crippen LogP contribution in [0.4, 0.5) is 4.39 Å². The molecule has 2 atom stereocenters. The highest BCUT2D eigenvalue weighted by atomic mass is 35.5. The molecule has 0 spiro atoms. The van der Waals surface area contributed by atoms with Crippen LogP contribution in [0, 0.1) is 11.8 Å². The Morgan fingerprint density at radius 2 is 1.57 bits per heavy atom. The molecular formula is C5H8ClF. The molecule has 1 rings (SSSR count). The van der Waals surface area contributed by atoms with Gasteiger partial charge in [-0.1, -0.05) is 25.4 Å². The Hall–Kier alpha value is 0.220. The first kappa shape index (κ1) is 5.36. The van der Waals surface area contributed by atoms with Crippen molar-refractivity contribution in [2.75, 3.05) is 0 Å². The monoisotopic (exact) mass is 122 g/mol. The maximum Gasteiger partial charge on any atom is 0.189 e. The Bertz CT molecular complexity index is 80.1. The summed E-state index contributed by atoms with van der Waals surface area (Å²) in [7, 11) is 0. The molecule has 1 saturated carbocycles. The molecule has 0 saturated heterocycles. The summed E-state index contributed by atoms with van der Waals surface area (Å²) < 4.78 is 12.4. The summed E-state index contributed by atoms with van der Waals surface area (Å²) in [5.41, 5.74) is 0. The number of rotatable bonds is 0. The Labute approximate surface area is 47.7 Å². The van der Waals surface area contributed by atoms with Gasteiger partial charge in [-0.25, -0.2) is 4.39 Å². The van der Waals surface area contributed by atoms with Crippen LogP contribution in [0.3, 0.4) is 0 Å². The Morgan fingerprint density at radius 1 is 1.43 bits per heavy atom.